The molecule has 4 heteroatoms. The first-order valence-electron chi connectivity index (χ1n) is 6.88. The van der Waals surface area contributed by atoms with Crippen LogP contribution in [-0.2, 0) is 0 Å². The molecule has 0 radical (unpaired) electrons. The summed E-state index contributed by atoms with van der Waals surface area (Å²) in [5, 5.41) is 0. The first kappa shape index (κ1) is 14.0. The molecule has 1 aromatic carbocycles. The minimum absolute atomic E-state index is 0.122. The van der Waals surface area contributed by atoms with Crippen molar-refractivity contribution in [3.8, 4) is 0 Å². The van der Waals surface area contributed by atoms with Gasteiger partial charge in [-0.1, -0.05) is 20.3 Å². The van der Waals surface area contributed by atoms with Crippen LogP contribution in [0.4, 0.5) is 4.39 Å². The Hall–Kier alpha value is -1.42. The summed E-state index contributed by atoms with van der Waals surface area (Å²) < 4.78 is 15.5. The van der Waals surface area contributed by atoms with Gasteiger partial charge in [-0.25, -0.2) is 9.37 Å². The maximum atomic E-state index is 13.4. The van der Waals surface area contributed by atoms with Gasteiger partial charge in [0.1, 0.15) is 11.6 Å². The zero-order valence-corrected chi connectivity index (χ0v) is 12.0. The lowest BCUT2D eigenvalue weighted by atomic mass is 9.99. The summed E-state index contributed by atoms with van der Waals surface area (Å²) in [6.45, 7) is 8.37. The van der Waals surface area contributed by atoms with E-state index in [0.29, 0.717) is 5.92 Å². The summed E-state index contributed by atoms with van der Waals surface area (Å²) in [6, 6.07) is 4.78. The summed E-state index contributed by atoms with van der Waals surface area (Å²) in [4.78, 5) is 4.62. The van der Waals surface area contributed by atoms with Crippen molar-refractivity contribution in [2.75, 3.05) is 0 Å². The molecular weight excluding hydrogens is 241 g/mol. The monoisotopic (exact) mass is 263 g/mol. The third kappa shape index (κ3) is 2.50. The standard InChI is InChI=1S/C15H22FN3/c1-5-10(4)14(17)15-18-12-7-6-11(16)8-13(12)19(15)9(2)3/h6-10,14H,5,17H2,1-4H3. The summed E-state index contributed by atoms with van der Waals surface area (Å²) >= 11 is 0. The quantitative estimate of drug-likeness (QED) is 0.911. The minimum atomic E-state index is -0.238. The van der Waals surface area contributed by atoms with Crippen LogP contribution in [0.2, 0.25) is 0 Å². The fraction of sp³-hybridized carbons (Fsp3) is 0.533. The summed E-state index contributed by atoms with van der Waals surface area (Å²) in [6.07, 6.45) is 0.997. The Morgan fingerprint density at radius 1 is 1.32 bits per heavy atom. The third-order valence-electron chi connectivity index (χ3n) is 3.75. The second kappa shape index (κ2) is 5.29. The average molecular weight is 263 g/mol. The van der Waals surface area contributed by atoms with E-state index in [2.05, 4.69) is 37.2 Å². The molecule has 0 spiro atoms. The minimum Gasteiger partial charge on any atom is -0.324 e. The highest BCUT2D eigenvalue weighted by molar-refractivity contribution is 5.76. The van der Waals surface area contributed by atoms with Crippen molar-refractivity contribution < 1.29 is 4.39 Å². The number of benzene rings is 1. The van der Waals surface area contributed by atoms with E-state index < -0.39 is 0 Å². The van der Waals surface area contributed by atoms with Crippen LogP contribution in [0.25, 0.3) is 11.0 Å². The van der Waals surface area contributed by atoms with Crippen LogP contribution in [0.1, 0.15) is 52.0 Å². The second-order valence-electron chi connectivity index (χ2n) is 5.48. The molecule has 0 aliphatic carbocycles. The maximum Gasteiger partial charge on any atom is 0.127 e. The zero-order chi connectivity index (χ0) is 14.2. The van der Waals surface area contributed by atoms with E-state index in [0.717, 1.165) is 23.3 Å². The predicted octanol–water partition coefficient (Wildman–Crippen LogP) is 3.80. The van der Waals surface area contributed by atoms with Gasteiger partial charge in [-0.3, -0.25) is 0 Å². The van der Waals surface area contributed by atoms with Crippen molar-refractivity contribution in [3.05, 3.63) is 29.8 Å². The van der Waals surface area contributed by atoms with Gasteiger partial charge in [-0.15, -0.1) is 0 Å². The molecule has 3 nitrogen and oxygen atoms in total. The highest BCUT2D eigenvalue weighted by atomic mass is 19.1. The van der Waals surface area contributed by atoms with Crippen molar-refractivity contribution in [1.82, 2.24) is 9.55 Å². The van der Waals surface area contributed by atoms with Crippen LogP contribution in [0.5, 0.6) is 0 Å². The van der Waals surface area contributed by atoms with Crippen molar-refractivity contribution in [2.45, 2.75) is 46.2 Å². The fourth-order valence-corrected chi connectivity index (χ4v) is 2.37. The number of aromatic nitrogens is 2. The molecule has 19 heavy (non-hydrogen) atoms. The number of nitrogens with zero attached hydrogens (tertiary/aromatic N) is 2. The Balaban J connectivity index is 2.63. The summed E-state index contributed by atoms with van der Waals surface area (Å²) in [5.74, 6) is 0.960. The van der Waals surface area contributed by atoms with Gasteiger partial charge in [0.2, 0.25) is 0 Å². The highest BCUT2D eigenvalue weighted by Gasteiger charge is 2.22. The van der Waals surface area contributed by atoms with Crippen LogP contribution < -0.4 is 5.73 Å². The SMILES string of the molecule is CCC(C)C(N)c1nc2ccc(F)cc2n1C(C)C. The van der Waals surface area contributed by atoms with Crippen LogP contribution in [-0.4, -0.2) is 9.55 Å². The van der Waals surface area contributed by atoms with Crippen molar-refractivity contribution in [3.63, 3.8) is 0 Å². The van der Waals surface area contributed by atoms with Crippen LogP contribution >= 0.6 is 0 Å². The van der Waals surface area contributed by atoms with E-state index in [4.69, 9.17) is 5.73 Å². The molecule has 2 atom stereocenters. The average Bonchev–Trinajstić information content (AvgIpc) is 2.75. The van der Waals surface area contributed by atoms with E-state index in [9.17, 15) is 4.39 Å². The molecule has 0 saturated carbocycles. The molecule has 2 aromatic rings. The van der Waals surface area contributed by atoms with Crippen LogP contribution in [0.15, 0.2) is 18.2 Å². The number of hydrogen-bond acceptors (Lipinski definition) is 2. The van der Waals surface area contributed by atoms with Crippen LogP contribution in [0.3, 0.4) is 0 Å². The topological polar surface area (TPSA) is 43.8 Å². The summed E-state index contributed by atoms with van der Waals surface area (Å²) in [7, 11) is 0. The van der Waals surface area contributed by atoms with Gasteiger partial charge in [-0.2, -0.15) is 0 Å². The third-order valence-corrected chi connectivity index (χ3v) is 3.75. The number of imidazole rings is 1. The number of nitrogens with two attached hydrogens (primary N) is 1. The largest absolute Gasteiger partial charge is 0.324 e. The van der Waals surface area contributed by atoms with E-state index in [1.54, 1.807) is 6.07 Å². The number of hydrogen-bond donors (Lipinski definition) is 1. The Morgan fingerprint density at radius 3 is 2.58 bits per heavy atom. The molecule has 2 N–H and O–H groups in total. The molecule has 2 unspecified atom stereocenters. The Kier molecular flexibility index (Phi) is 3.90. The molecule has 0 amide bonds. The molecule has 0 fully saturated rings. The summed E-state index contributed by atoms with van der Waals surface area (Å²) in [5.41, 5.74) is 7.94. The van der Waals surface area contributed by atoms with Crippen molar-refractivity contribution in [2.24, 2.45) is 11.7 Å². The van der Waals surface area contributed by atoms with Gasteiger partial charge in [-0.05, 0) is 38.0 Å². The first-order valence-corrected chi connectivity index (χ1v) is 6.88. The molecule has 0 bridgehead atoms. The molecule has 0 aliphatic heterocycles. The first-order chi connectivity index (χ1) is 8.95. The molecule has 0 aliphatic rings. The Labute approximate surface area is 113 Å². The van der Waals surface area contributed by atoms with Gasteiger partial charge in [0, 0.05) is 6.04 Å². The fourth-order valence-electron chi connectivity index (χ4n) is 2.37. The number of halogens is 1. The molecular formula is C15H22FN3. The number of fused-ring (bicyclic) bond motifs is 1. The van der Waals surface area contributed by atoms with Crippen molar-refractivity contribution in [1.29, 1.82) is 0 Å². The van der Waals surface area contributed by atoms with E-state index in [1.807, 2.05) is 0 Å². The molecule has 1 aromatic heterocycles. The normalized spacial score (nSPS) is 15.1. The van der Waals surface area contributed by atoms with E-state index in [-0.39, 0.29) is 17.9 Å². The van der Waals surface area contributed by atoms with Gasteiger partial charge in [0.05, 0.1) is 17.1 Å². The molecule has 104 valence electrons. The smallest absolute Gasteiger partial charge is 0.127 e. The van der Waals surface area contributed by atoms with E-state index >= 15 is 0 Å². The highest BCUT2D eigenvalue weighted by Crippen LogP contribution is 2.28. The maximum absolute atomic E-state index is 13.4. The van der Waals surface area contributed by atoms with Gasteiger partial charge in [0.15, 0.2) is 0 Å². The molecule has 1 heterocycles. The Bertz CT molecular complexity index is 574. The van der Waals surface area contributed by atoms with E-state index in [1.165, 1.54) is 12.1 Å². The molecule has 2 rings (SSSR count). The second-order valence-corrected chi connectivity index (χ2v) is 5.48. The number of rotatable bonds is 4. The predicted molar refractivity (Wildman–Crippen MR) is 76.5 cm³/mol. The van der Waals surface area contributed by atoms with Gasteiger partial charge in [0.25, 0.3) is 0 Å². The molecule has 0 saturated heterocycles. The zero-order valence-electron chi connectivity index (χ0n) is 12.0. The lowest BCUT2D eigenvalue weighted by Gasteiger charge is -2.21. The van der Waals surface area contributed by atoms with Crippen molar-refractivity contribution >= 4 is 11.0 Å². The van der Waals surface area contributed by atoms with Gasteiger partial charge < -0.3 is 10.3 Å². The Morgan fingerprint density at radius 2 is 2.00 bits per heavy atom. The van der Waals surface area contributed by atoms with Gasteiger partial charge >= 0.3 is 0 Å². The lowest BCUT2D eigenvalue weighted by Crippen LogP contribution is -2.23. The van der Waals surface area contributed by atoms with Crippen LogP contribution in [0, 0.1) is 11.7 Å². The lowest BCUT2D eigenvalue weighted by molar-refractivity contribution is 0.415.